The van der Waals surface area contributed by atoms with Gasteiger partial charge >= 0.3 is 0 Å². The molecule has 1 aliphatic heterocycles. The Hall–Kier alpha value is -0.0900. The number of likely N-dealkylation sites (tertiary alicyclic amines) is 1. The average Bonchev–Trinajstić information content (AvgIpc) is 2.65. The highest BCUT2D eigenvalue weighted by Crippen LogP contribution is 2.20. The molecule has 2 nitrogen and oxygen atoms in total. The summed E-state index contributed by atoms with van der Waals surface area (Å²) in [5.74, 6) is 0. The number of likely N-dealkylation sites (N-methyl/N-ethyl adjacent to an activating group) is 1. The molecule has 1 aromatic rings. The predicted molar refractivity (Wildman–Crippen MR) is 73.7 cm³/mol. The van der Waals surface area contributed by atoms with Crippen LogP contribution in [0.3, 0.4) is 0 Å². The van der Waals surface area contributed by atoms with Gasteiger partial charge in [0.05, 0.1) is 0 Å². The van der Waals surface area contributed by atoms with Crippen LogP contribution in [0.25, 0.3) is 0 Å². The van der Waals surface area contributed by atoms with Gasteiger partial charge in [-0.1, -0.05) is 0 Å². The Labute approximate surface area is 108 Å². The fraction of sp³-hybridized carbons (Fsp3) is 0.667. The molecule has 1 aromatic heterocycles. The average molecular weight is 261 g/mol. The zero-order valence-corrected chi connectivity index (χ0v) is 11.7. The van der Waals surface area contributed by atoms with E-state index in [1.54, 1.807) is 0 Å². The maximum atomic E-state index is 3.39. The first-order valence-corrected chi connectivity index (χ1v) is 6.60. The topological polar surface area (TPSA) is 15.3 Å². The molecular weight excluding hydrogens is 240 g/mol. The van der Waals surface area contributed by atoms with Gasteiger partial charge in [0.2, 0.25) is 0 Å². The SMILES string of the molecule is CNC1CCCN(Cc2sccc2C)C1.Cl. The van der Waals surface area contributed by atoms with Gasteiger partial charge in [-0.3, -0.25) is 4.90 Å². The molecule has 2 heterocycles. The van der Waals surface area contributed by atoms with Gasteiger partial charge < -0.3 is 5.32 Å². The third-order valence-electron chi connectivity index (χ3n) is 3.25. The number of piperidine rings is 1. The lowest BCUT2D eigenvalue weighted by Crippen LogP contribution is -2.43. The summed E-state index contributed by atoms with van der Waals surface area (Å²) < 4.78 is 0. The maximum Gasteiger partial charge on any atom is 0.0331 e. The second kappa shape index (κ2) is 6.60. The number of rotatable bonds is 3. The van der Waals surface area contributed by atoms with Crippen LogP contribution in [-0.2, 0) is 6.54 Å². The van der Waals surface area contributed by atoms with Crippen LogP contribution in [0.5, 0.6) is 0 Å². The first-order valence-electron chi connectivity index (χ1n) is 5.72. The highest BCUT2D eigenvalue weighted by atomic mass is 35.5. The maximum absolute atomic E-state index is 3.39. The van der Waals surface area contributed by atoms with Gasteiger partial charge in [0.15, 0.2) is 0 Å². The van der Waals surface area contributed by atoms with Crippen molar-refractivity contribution in [2.24, 2.45) is 0 Å². The van der Waals surface area contributed by atoms with E-state index in [-0.39, 0.29) is 12.4 Å². The number of nitrogens with one attached hydrogen (secondary N) is 1. The van der Waals surface area contributed by atoms with Crippen molar-refractivity contribution >= 4 is 23.7 Å². The summed E-state index contributed by atoms with van der Waals surface area (Å²) >= 11 is 1.89. The molecule has 0 radical (unpaired) electrons. The standard InChI is InChI=1S/C12H20N2S.ClH/c1-10-5-7-15-12(10)9-14-6-3-4-11(8-14)13-2;/h5,7,11,13H,3-4,6,8-9H2,1-2H3;1H. The van der Waals surface area contributed by atoms with Crippen LogP contribution in [0, 0.1) is 6.92 Å². The second-order valence-electron chi connectivity index (χ2n) is 4.39. The van der Waals surface area contributed by atoms with Gasteiger partial charge in [0, 0.05) is 24.0 Å². The fourth-order valence-electron chi connectivity index (χ4n) is 2.20. The van der Waals surface area contributed by atoms with Crippen LogP contribution < -0.4 is 5.32 Å². The lowest BCUT2D eigenvalue weighted by atomic mass is 10.1. The Balaban J connectivity index is 0.00000128. The summed E-state index contributed by atoms with van der Waals surface area (Å²) in [5.41, 5.74) is 1.45. The molecule has 1 unspecified atom stereocenters. The molecule has 1 atom stereocenters. The Morgan fingerprint density at radius 3 is 3.00 bits per heavy atom. The van der Waals surface area contributed by atoms with Crippen LogP contribution in [-0.4, -0.2) is 31.1 Å². The lowest BCUT2D eigenvalue weighted by molar-refractivity contribution is 0.189. The van der Waals surface area contributed by atoms with Crippen LogP contribution in [0.1, 0.15) is 23.3 Å². The first-order chi connectivity index (χ1) is 7.29. The molecule has 4 heteroatoms. The second-order valence-corrected chi connectivity index (χ2v) is 5.39. The molecule has 1 N–H and O–H groups in total. The Kier molecular flexibility index (Phi) is 5.76. The Bertz CT molecular complexity index is 314. The summed E-state index contributed by atoms with van der Waals surface area (Å²) in [7, 11) is 2.07. The minimum Gasteiger partial charge on any atom is -0.316 e. The van der Waals surface area contributed by atoms with Crippen LogP contribution in [0.4, 0.5) is 0 Å². The zero-order chi connectivity index (χ0) is 10.7. The molecule has 0 aliphatic carbocycles. The normalized spacial score (nSPS) is 21.8. The third kappa shape index (κ3) is 3.45. The van der Waals surface area contributed by atoms with Crippen molar-refractivity contribution in [1.29, 1.82) is 0 Å². The summed E-state index contributed by atoms with van der Waals surface area (Å²) in [4.78, 5) is 4.11. The number of hydrogen-bond acceptors (Lipinski definition) is 3. The molecule has 1 fully saturated rings. The summed E-state index contributed by atoms with van der Waals surface area (Å²) in [5, 5.41) is 5.59. The molecule has 0 spiro atoms. The van der Waals surface area contributed by atoms with Crippen molar-refractivity contribution in [1.82, 2.24) is 10.2 Å². The molecule has 92 valence electrons. The van der Waals surface area contributed by atoms with Gasteiger partial charge in [-0.05, 0) is 50.4 Å². The third-order valence-corrected chi connectivity index (χ3v) is 4.26. The van der Waals surface area contributed by atoms with E-state index in [1.807, 2.05) is 11.3 Å². The van der Waals surface area contributed by atoms with E-state index in [2.05, 4.69) is 35.6 Å². The minimum absolute atomic E-state index is 0. The number of nitrogens with zero attached hydrogens (tertiary/aromatic N) is 1. The number of thiophene rings is 1. The van der Waals surface area contributed by atoms with Crippen LogP contribution in [0.2, 0.25) is 0 Å². The number of aryl methyl sites for hydroxylation is 1. The molecule has 0 bridgehead atoms. The van der Waals surface area contributed by atoms with Crippen molar-refractivity contribution in [2.75, 3.05) is 20.1 Å². The van der Waals surface area contributed by atoms with Gasteiger partial charge in [-0.25, -0.2) is 0 Å². The molecule has 16 heavy (non-hydrogen) atoms. The van der Waals surface area contributed by atoms with E-state index in [0.29, 0.717) is 6.04 Å². The van der Waals surface area contributed by atoms with Gasteiger partial charge in [-0.15, -0.1) is 23.7 Å². The highest BCUT2D eigenvalue weighted by molar-refractivity contribution is 7.10. The van der Waals surface area contributed by atoms with Gasteiger partial charge in [0.25, 0.3) is 0 Å². The van der Waals surface area contributed by atoms with Gasteiger partial charge in [0.1, 0.15) is 0 Å². The molecular formula is C12H21ClN2S. The van der Waals surface area contributed by atoms with E-state index in [4.69, 9.17) is 0 Å². The van der Waals surface area contributed by atoms with Gasteiger partial charge in [-0.2, -0.15) is 0 Å². The van der Waals surface area contributed by atoms with Crippen molar-refractivity contribution in [3.8, 4) is 0 Å². The highest BCUT2D eigenvalue weighted by Gasteiger charge is 2.18. The van der Waals surface area contributed by atoms with E-state index in [1.165, 1.54) is 36.4 Å². The monoisotopic (exact) mass is 260 g/mol. The van der Waals surface area contributed by atoms with E-state index in [9.17, 15) is 0 Å². The quantitative estimate of drug-likeness (QED) is 0.899. The van der Waals surface area contributed by atoms with E-state index < -0.39 is 0 Å². The van der Waals surface area contributed by atoms with E-state index in [0.717, 1.165) is 6.54 Å². The molecule has 1 saturated heterocycles. The van der Waals surface area contributed by atoms with Crippen molar-refractivity contribution in [2.45, 2.75) is 32.4 Å². The van der Waals surface area contributed by atoms with Crippen LogP contribution >= 0.6 is 23.7 Å². The Morgan fingerprint density at radius 2 is 2.38 bits per heavy atom. The smallest absolute Gasteiger partial charge is 0.0331 e. The molecule has 2 rings (SSSR count). The fourth-order valence-corrected chi connectivity index (χ4v) is 3.15. The van der Waals surface area contributed by atoms with Crippen molar-refractivity contribution in [3.63, 3.8) is 0 Å². The van der Waals surface area contributed by atoms with E-state index >= 15 is 0 Å². The molecule has 0 saturated carbocycles. The predicted octanol–water partition coefficient (Wildman–Crippen LogP) is 2.66. The minimum atomic E-state index is 0. The summed E-state index contributed by atoms with van der Waals surface area (Å²) in [6, 6.07) is 2.92. The summed E-state index contributed by atoms with van der Waals surface area (Å²) in [6.07, 6.45) is 2.66. The molecule has 1 aliphatic rings. The van der Waals surface area contributed by atoms with Crippen LogP contribution in [0.15, 0.2) is 11.4 Å². The van der Waals surface area contributed by atoms with Crippen molar-refractivity contribution in [3.05, 3.63) is 21.9 Å². The zero-order valence-electron chi connectivity index (χ0n) is 10.0. The lowest BCUT2D eigenvalue weighted by Gasteiger charge is -2.32. The molecule has 0 aromatic carbocycles. The number of halogens is 1. The largest absolute Gasteiger partial charge is 0.316 e. The molecule has 0 amide bonds. The Morgan fingerprint density at radius 1 is 1.56 bits per heavy atom. The summed E-state index contributed by atoms with van der Waals surface area (Å²) in [6.45, 7) is 5.82. The first kappa shape index (κ1) is 14.0. The number of hydrogen-bond donors (Lipinski definition) is 1. The van der Waals surface area contributed by atoms with Crippen molar-refractivity contribution < 1.29 is 0 Å².